The van der Waals surface area contributed by atoms with E-state index < -0.39 is 4.92 Å². The maximum Gasteiger partial charge on any atom is 0.270 e. The summed E-state index contributed by atoms with van der Waals surface area (Å²) in [5.74, 6) is -0.264. The zero-order valence-corrected chi connectivity index (χ0v) is 11.4. The van der Waals surface area contributed by atoms with Gasteiger partial charge in [0.2, 0.25) is 0 Å². The Balaban J connectivity index is 1.88. The summed E-state index contributed by atoms with van der Waals surface area (Å²) in [5, 5.41) is 10.7. The van der Waals surface area contributed by atoms with E-state index >= 15 is 0 Å². The van der Waals surface area contributed by atoms with Crippen molar-refractivity contribution in [1.82, 2.24) is 9.55 Å². The minimum Gasteiger partial charge on any atom is -0.269 e. The largest absolute Gasteiger partial charge is 0.270 e. The molecule has 6 nitrogen and oxygen atoms in total. The molecule has 0 aliphatic heterocycles. The topological polar surface area (TPSA) is 78.0 Å². The van der Waals surface area contributed by atoms with Crippen molar-refractivity contribution in [2.45, 2.75) is 0 Å². The lowest BCUT2D eigenvalue weighted by molar-refractivity contribution is -0.384. The molecule has 1 aromatic heterocycles. The van der Waals surface area contributed by atoms with E-state index in [1.807, 2.05) is 18.2 Å². The number of hydrogen-bond acceptors (Lipinski definition) is 4. The summed E-state index contributed by atoms with van der Waals surface area (Å²) < 4.78 is 1.43. The van der Waals surface area contributed by atoms with Gasteiger partial charge in [0, 0.05) is 18.2 Å². The number of non-ortho nitro benzene ring substituents is 1. The van der Waals surface area contributed by atoms with Gasteiger partial charge in [-0.25, -0.2) is 4.98 Å². The number of aromatic nitrogens is 2. The van der Waals surface area contributed by atoms with Gasteiger partial charge in [-0.3, -0.25) is 19.5 Å². The Morgan fingerprint density at radius 1 is 1.18 bits per heavy atom. The lowest BCUT2D eigenvalue weighted by atomic mass is 10.2. The summed E-state index contributed by atoms with van der Waals surface area (Å²) in [6.07, 6.45) is 4.38. The number of para-hydroxylation sites is 2. The maximum atomic E-state index is 12.2. The van der Waals surface area contributed by atoms with Crippen LogP contribution in [0.5, 0.6) is 0 Å². The summed E-state index contributed by atoms with van der Waals surface area (Å²) in [7, 11) is 0. The second kappa shape index (κ2) is 5.61. The van der Waals surface area contributed by atoms with Crippen LogP contribution in [-0.2, 0) is 0 Å². The number of benzene rings is 2. The Morgan fingerprint density at radius 3 is 2.82 bits per heavy atom. The third-order valence-corrected chi connectivity index (χ3v) is 3.19. The molecule has 0 unspecified atom stereocenters. The van der Waals surface area contributed by atoms with Crippen LogP contribution in [0.15, 0.2) is 60.9 Å². The van der Waals surface area contributed by atoms with Crippen LogP contribution in [0.1, 0.15) is 10.4 Å². The fourth-order valence-corrected chi connectivity index (χ4v) is 2.12. The molecule has 0 saturated carbocycles. The van der Waals surface area contributed by atoms with E-state index in [2.05, 4.69) is 4.98 Å². The zero-order chi connectivity index (χ0) is 15.5. The quantitative estimate of drug-likeness (QED) is 0.421. The van der Waals surface area contributed by atoms with Crippen LogP contribution in [0.25, 0.3) is 17.1 Å². The number of nitro benzene ring substituents is 1. The van der Waals surface area contributed by atoms with Crippen molar-refractivity contribution in [3.63, 3.8) is 0 Å². The summed E-state index contributed by atoms with van der Waals surface area (Å²) in [6.45, 7) is 0. The number of allylic oxidation sites excluding steroid dienone is 1. The monoisotopic (exact) mass is 293 g/mol. The van der Waals surface area contributed by atoms with Gasteiger partial charge in [0.1, 0.15) is 6.33 Å². The van der Waals surface area contributed by atoms with Crippen molar-refractivity contribution in [3.05, 3.63) is 76.6 Å². The molecule has 22 heavy (non-hydrogen) atoms. The predicted molar refractivity (Wildman–Crippen MR) is 82.5 cm³/mol. The minimum absolute atomic E-state index is 0.0114. The first-order valence-corrected chi connectivity index (χ1v) is 6.54. The molecule has 6 heteroatoms. The second-order valence-electron chi connectivity index (χ2n) is 4.63. The van der Waals surface area contributed by atoms with Crippen LogP contribution < -0.4 is 0 Å². The van der Waals surface area contributed by atoms with Gasteiger partial charge in [-0.2, -0.15) is 0 Å². The fourth-order valence-electron chi connectivity index (χ4n) is 2.12. The number of hydrogen-bond donors (Lipinski definition) is 0. The molecule has 108 valence electrons. The first kappa shape index (κ1) is 13.7. The zero-order valence-electron chi connectivity index (χ0n) is 11.4. The van der Waals surface area contributed by atoms with Crippen LogP contribution in [0, 0.1) is 10.1 Å². The van der Waals surface area contributed by atoms with E-state index in [-0.39, 0.29) is 11.6 Å². The van der Waals surface area contributed by atoms with Crippen LogP contribution in [0.2, 0.25) is 0 Å². The smallest absolute Gasteiger partial charge is 0.269 e. The number of imidazole rings is 1. The third-order valence-electron chi connectivity index (χ3n) is 3.19. The average Bonchev–Trinajstić information content (AvgIpc) is 2.97. The molecule has 0 aliphatic rings. The molecule has 0 spiro atoms. The molecular weight excluding hydrogens is 282 g/mol. The van der Waals surface area contributed by atoms with Gasteiger partial charge in [0.15, 0.2) is 0 Å². The summed E-state index contributed by atoms with van der Waals surface area (Å²) in [4.78, 5) is 26.6. The Labute approximate surface area is 125 Å². The Morgan fingerprint density at radius 2 is 2.00 bits per heavy atom. The van der Waals surface area contributed by atoms with Gasteiger partial charge >= 0.3 is 0 Å². The van der Waals surface area contributed by atoms with Crippen LogP contribution >= 0.6 is 0 Å². The molecule has 0 aliphatic carbocycles. The minimum atomic E-state index is -0.470. The van der Waals surface area contributed by atoms with E-state index in [0.29, 0.717) is 5.56 Å². The molecule has 3 aromatic rings. The van der Waals surface area contributed by atoms with Gasteiger partial charge in [0.25, 0.3) is 11.6 Å². The molecular formula is C16H11N3O3. The maximum absolute atomic E-state index is 12.2. The van der Waals surface area contributed by atoms with Crippen molar-refractivity contribution < 1.29 is 9.72 Å². The molecule has 0 fully saturated rings. The fraction of sp³-hybridized carbons (Fsp3) is 0. The van der Waals surface area contributed by atoms with Gasteiger partial charge in [0.05, 0.1) is 16.0 Å². The van der Waals surface area contributed by atoms with Crippen molar-refractivity contribution in [3.8, 4) is 0 Å². The van der Waals surface area contributed by atoms with E-state index in [1.54, 1.807) is 24.3 Å². The van der Waals surface area contributed by atoms with E-state index in [0.717, 1.165) is 11.0 Å². The molecule has 0 saturated heterocycles. The number of rotatable bonds is 3. The highest BCUT2D eigenvalue weighted by atomic mass is 16.6. The summed E-state index contributed by atoms with van der Waals surface area (Å²) in [6, 6.07) is 13.4. The van der Waals surface area contributed by atoms with Crippen LogP contribution in [-0.4, -0.2) is 20.4 Å². The number of nitro groups is 1. The second-order valence-corrected chi connectivity index (χ2v) is 4.63. The first-order chi connectivity index (χ1) is 10.6. The standard InChI is InChI=1S/C16H11N3O3/c20-16(18-11-17-14-6-1-2-7-15(14)18)9-8-12-4-3-5-13(10-12)19(21)22/h1-11H/b9-8-. The lowest BCUT2D eigenvalue weighted by Crippen LogP contribution is -2.05. The van der Waals surface area contributed by atoms with Crippen molar-refractivity contribution in [2.24, 2.45) is 0 Å². The summed E-state index contributed by atoms with van der Waals surface area (Å²) >= 11 is 0. The highest BCUT2D eigenvalue weighted by Gasteiger charge is 2.07. The van der Waals surface area contributed by atoms with Crippen molar-refractivity contribution in [1.29, 1.82) is 0 Å². The molecule has 0 bridgehead atoms. The molecule has 1 heterocycles. The SMILES string of the molecule is O=C(/C=C\c1cccc([N+](=O)[O-])c1)n1cnc2ccccc21. The normalized spacial score (nSPS) is 11.1. The lowest BCUT2D eigenvalue weighted by Gasteiger charge is -1.98. The molecule has 2 aromatic carbocycles. The van der Waals surface area contributed by atoms with E-state index in [9.17, 15) is 14.9 Å². The average molecular weight is 293 g/mol. The molecule has 3 rings (SSSR count). The third kappa shape index (κ3) is 2.62. The number of fused-ring (bicyclic) bond motifs is 1. The number of carbonyl (C=O) groups is 1. The number of nitrogens with zero attached hydrogens (tertiary/aromatic N) is 3. The Kier molecular flexibility index (Phi) is 3.49. The first-order valence-electron chi connectivity index (χ1n) is 6.54. The van der Waals surface area contributed by atoms with Crippen molar-refractivity contribution in [2.75, 3.05) is 0 Å². The van der Waals surface area contributed by atoms with Crippen molar-refractivity contribution >= 4 is 28.7 Å². The Bertz CT molecular complexity index is 896. The molecule has 0 N–H and O–H groups in total. The van der Waals surface area contributed by atoms with E-state index in [4.69, 9.17) is 0 Å². The Hall–Kier alpha value is -3.28. The van der Waals surface area contributed by atoms with Gasteiger partial charge in [-0.15, -0.1) is 0 Å². The predicted octanol–water partition coefficient (Wildman–Crippen LogP) is 3.30. The van der Waals surface area contributed by atoms with Gasteiger partial charge < -0.3 is 0 Å². The highest BCUT2D eigenvalue weighted by Crippen LogP contribution is 2.15. The summed E-state index contributed by atoms with van der Waals surface area (Å²) in [5.41, 5.74) is 2.03. The number of carbonyl (C=O) groups excluding carboxylic acids is 1. The van der Waals surface area contributed by atoms with Crippen LogP contribution in [0.4, 0.5) is 5.69 Å². The van der Waals surface area contributed by atoms with E-state index in [1.165, 1.54) is 29.1 Å². The van der Waals surface area contributed by atoms with Gasteiger partial charge in [-0.1, -0.05) is 24.3 Å². The van der Waals surface area contributed by atoms with Crippen LogP contribution in [0.3, 0.4) is 0 Å². The van der Waals surface area contributed by atoms with Gasteiger partial charge in [-0.05, 0) is 23.8 Å². The molecule has 0 atom stereocenters. The molecule has 0 amide bonds. The highest BCUT2D eigenvalue weighted by molar-refractivity contribution is 5.99. The molecule has 0 radical (unpaired) electrons.